The second kappa shape index (κ2) is 12.8. The number of carbonyl (C=O) groups excluding carboxylic acids is 5. The first-order chi connectivity index (χ1) is 21.2. The highest BCUT2D eigenvalue weighted by Crippen LogP contribution is 2.41. The van der Waals surface area contributed by atoms with Gasteiger partial charge in [-0.3, -0.25) is 24.0 Å². The number of nitrogens with one attached hydrogen (secondary N) is 2. The van der Waals surface area contributed by atoms with Gasteiger partial charge in [0.05, 0.1) is 24.2 Å². The monoisotopic (exact) mass is 644 g/mol. The zero-order valence-corrected chi connectivity index (χ0v) is 27.0. The number of carbonyl (C=O) groups is 5. The first kappa shape index (κ1) is 33.0. The maximum Gasteiger partial charge on any atom is 0.246 e. The maximum absolute atomic E-state index is 14.3. The average Bonchev–Trinajstić information content (AvgIpc) is 3.87. The summed E-state index contributed by atoms with van der Waals surface area (Å²) >= 11 is 6.20. The number of halogens is 2. The standard InChI is InChI=1S/C33H42ClFN4O6/c1-5-7-23(27(41)26(40)12-18-10-11-18)36-30(43)25-16-33(15-24(38-45-33)19-8-6-9-20(34)13-19)17-39(25)31(44)28(32(2,3)4)37-29(42)21-14-22(21)35/h6,8-9,13,18,21-23,25,28H,5,7,10-12,14-17H2,1-4H3,(H,36,43)(H,37,42)/t21?,22?,23-,25-,28+,33+/m0/s1. The quantitative estimate of drug-likeness (QED) is 0.332. The molecule has 45 heavy (non-hydrogen) atoms. The summed E-state index contributed by atoms with van der Waals surface area (Å²) in [5.41, 5.74) is -0.468. The number of nitrogens with zero attached hydrogens (tertiary/aromatic N) is 2. The lowest BCUT2D eigenvalue weighted by atomic mass is 9.85. The molecule has 2 saturated carbocycles. The van der Waals surface area contributed by atoms with Crippen LogP contribution in [0, 0.1) is 17.3 Å². The molecule has 244 valence electrons. The van der Waals surface area contributed by atoms with Crippen molar-refractivity contribution in [3.05, 3.63) is 34.9 Å². The van der Waals surface area contributed by atoms with Gasteiger partial charge in [-0.2, -0.15) is 0 Å². The molecule has 0 radical (unpaired) electrons. The van der Waals surface area contributed by atoms with Gasteiger partial charge in [0.25, 0.3) is 0 Å². The zero-order chi connectivity index (χ0) is 32.7. The van der Waals surface area contributed by atoms with E-state index in [1.807, 2.05) is 13.0 Å². The van der Waals surface area contributed by atoms with E-state index in [-0.39, 0.29) is 44.6 Å². The number of hydrogen-bond acceptors (Lipinski definition) is 7. The van der Waals surface area contributed by atoms with E-state index in [1.54, 1.807) is 39.0 Å². The smallest absolute Gasteiger partial charge is 0.246 e. The number of alkyl halides is 1. The van der Waals surface area contributed by atoms with Gasteiger partial charge in [0.15, 0.2) is 5.60 Å². The van der Waals surface area contributed by atoms with Crippen molar-refractivity contribution in [3.8, 4) is 0 Å². The van der Waals surface area contributed by atoms with Crippen LogP contribution in [0.2, 0.25) is 5.02 Å². The van der Waals surface area contributed by atoms with Crippen molar-refractivity contribution >= 4 is 46.6 Å². The Bertz CT molecular complexity index is 1410. The van der Waals surface area contributed by atoms with E-state index in [9.17, 15) is 28.4 Å². The molecule has 2 heterocycles. The molecule has 3 fully saturated rings. The van der Waals surface area contributed by atoms with Crippen molar-refractivity contribution in [2.75, 3.05) is 6.54 Å². The fourth-order valence-electron chi connectivity index (χ4n) is 6.16. The van der Waals surface area contributed by atoms with Crippen molar-refractivity contribution in [1.82, 2.24) is 15.5 Å². The molecular weight excluding hydrogens is 603 g/mol. The van der Waals surface area contributed by atoms with E-state index in [0.29, 0.717) is 17.2 Å². The Labute approximate surface area is 267 Å². The number of hydrogen-bond donors (Lipinski definition) is 2. The third-order valence-corrected chi connectivity index (χ3v) is 9.32. The van der Waals surface area contributed by atoms with Crippen LogP contribution in [-0.4, -0.2) is 76.3 Å². The molecule has 1 saturated heterocycles. The number of rotatable bonds is 12. The summed E-state index contributed by atoms with van der Waals surface area (Å²) < 4.78 is 13.7. The van der Waals surface area contributed by atoms with E-state index in [4.69, 9.17) is 16.4 Å². The third kappa shape index (κ3) is 7.56. The molecule has 4 aliphatic rings. The molecular formula is C33H42ClFN4O6. The highest BCUT2D eigenvalue weighted by Gasteiger charge is 2.56. The van der Waals surface area contributed by atoms with Crippen LogP contribution in [0.5, 0.6) is 0 Å². The Hall–Kier alpha value is -3.34. The number of benzene rings is 1. The van der Waals surface area contributed by atoms with Gasteiger partial charge in [-0.05, 0) is 49.1 Å². The fourth-order valence-corrected chi connectivity index (χ4v) is 6.35. The molecule has 2 N–H and O–H groups in total. The molecule has 12 heteroatoms. The zero-order valence-electron chi connectivity index (χ0n) is 26.2. The highest BCUT2D eigenvalue weighted by atomic mass is 35.5. The van der Waals surface area contributed by atoms with Crippen molar-refractivity contribution in [1.29, 1.82) is 0 Å². The summed E-state index contributed by atoms with van der Waals surface area (Å²) in [7, 11) is 0. The lowest BCUT2D eigenvalue weighted by Crippen LogP contribution is -2.59. The molecule has 2 aliphatic carbocycles. The van der Waals surface area contributed by atoms with Gasteiger partial charge in [-0.25, -0.2) is 4.39 Å². The summed E-state index contributed by atoms with van der Waals surface area (Å²) in [4.78, 5) is 74.2. The minimum absolute atomic E-state index is 0.0118. The first-order valence-electron chi connectivity index (χ1n) is 15.8. The molecule has 2 aliphatic heterocycles. The van der Waals surface area contributed by atoms with Gasteiger partial charge >= 0.3 is 0 Å². The average molecular weight is 645 g/mol. The topological polar surface area (TPSA) is 134 Å². The Morgan fingerprint density at radius 2 is 1.87 bits per heavy atom. The van der Waals surface area contributed by atoms with Gasteiger partial charge < -0.3 is 20.4 Å². The first-order valence-corrected chi connectivity index (χ1v) is 16.2. The molecule has 0 aromatic heterocycles. The largest absolute Gasteiger partial charge is 0.387 e. The van der Waals surface area contributed by atoms with Crippen LogP contribution in [0.15, 0.2) is 29.4 Å². The van der Waals surface area contributed by atoms with E-state index < -0.39 is 70.5 Å². The predicted molar refractivity (Wildman–Crippen MR) is 165 cm³/mol. The molecule has 5 rings (SSSR count). The minimum Gasteiger partial charge on any atom is -0.387 e. The number of oxime groups is 1. The van der Waals surface area contributed by atoms with Crippen molar-refractivity contribution in [2.24, 2.45) is 22.4 Å². The van der Waals surface area contributed by atoms with Gasteiger partial charge in [-0.15, -0.1) is 0 Å². The summed E-state index contributed by atoms with van der Waals surface area (Å²) in [6, 6.07) is 3.98. The summed E-state index contributed by atoms with van der Waals surface area (Å²) in [6.45, 7) is 7.19. The summed E-state index contributed by atoms with van der Waals surface area (Å²) in [6.07, 6.45) is 2.08. The van der Waals surface area contributed by atoms with Gasteiger partial charge in [0, 0.05) is 29.8 Å². The van der Waals surface area contributed by atoms with E-state index >= 15 is 0 Å². The molecule has 10 nitrogen and oxygen atoms in total. The lowest BCUT2D eigenvalue weighted by Gasteiger charge is -2.35. The second-order valence-electron chi connectivity index (χ2n) is 14.1. The van der Waals surface area contributed by atoms with Crippen LogP contribution in [0.1, 0.15) is 84.6 Å². The van der Waals surface area contributed by atoms with Crippen molar-refractivity contribution in [3.63, 3.8) is 0 Å². The molecule has 1 aromatic carbocycles. The Morgan fingerprint density at radius 3 is 2.47 bits per heavy atom. The van der Waals surface area contributed by atoms with Gasteiger partial charge in [0.2, 0.25) is 29.3 Å². The Morgan fingerprint density at radius 1 is 1.16 bits per heavy atom. The van der Waals surface area contributed by atoms with Crippen LogP contribution in [-0.2, 0) is 28.8 Å². The number of Topliss-reactive ketones (excluding diaryl/α,β-unsaturated/α-hetero) is 2. The summed E-state index contributed by atoms with van der Waals surface area (Å²) in [5, 5.41) is 10.3. The molecule has 1 aromatic rings. The third-order valence-electron chi connectivity index (χ3n) is 9.09. The molecule has 1 spiro atoms. The SMILES string of the molecule is CCC[C@H](NC(=O)[C@@H]1C[C@]2(CC(c3cccc(Cl)c3)=NO2)CN1C(=O)[C@@H](NC(=O)C1CC1F)C(C)(C)C)C(=O)C(=O)CC1CC1. The van der Waals surface area contributed by atoms with E-state index in [0.717, 1.165) is 18.4 Å². The number of likely N-dealkylation sites (tertiary alicyclic amines) is 1. The van der Waals surface area contributed by atoms with E-state index in [1.165, 1.54) is 4.90 Å². The lowest BCUT2D eigenvalue weighted by molar-refractivity contribution is -0.145. The Kier molecular flexibility index (Phi) is 9.40. The van der Waals surface area contributed by atoms with Gasteiger partial charge in [0.1, 0.15) is 18.3 Å². The minimum atomic E-state index is -1.24. The van der Waals surface area contributed by atoms with Crippen LogP contribution in [0.25, 0.3) is 0 Å². The molecule has 2 unspecified atom stereocenters. The normalized spacial score (nSPS) is 26.9. The Balaban J connectivity index is 1.40. The van der Waals surface area contributed by atoms with Crippen molar-refractivity contribution < 1.29 is 33.2 Å². The molecule has 0 bridgehead atoms. The summed E-state index contributed by atoms with van der Waals surface area (Å²) in [5.74, 6) is -3.35. The second-order valence-corrected chi connectivity index (χ2v) is 14.6. The predicted octanol–water partition coefficient (Wildman–Crippen LogP) is 3.92. The highest BCUT2D eigenvalue weighted by molar-refractivity contribution is 6.39. The van der Waals surface area contributed by atoms with E-state index in [2.05, 4.69) is 15.8 Å². The molecule has 3 amide bonds. The van der Waals surface area contributed by atoms with Gasteiger partial charge in [-0.1, -0.05) is 63.0 Å². The number of amides is 3. The van der Waals surface area contributed by atoms with Crippen LogP contribution >= 0.6 is 11.6 Å². The number of ketones is 2. The molecule has 6 atom stereocenters. The fraction of sp³-hybridized carbons (Fsp3) is 0.636. The maximum atomic E-state index is 14.3. The van der Waals surface area contributed by atoms with Crippen LogP contribution in [0.4, 0.5) is 4.39 Å². The van der Waals surface area contributed by atoms with Crippen LogP contribution < -0.4 is 10.6 Å². The van der Waals surface area contributed by atoms with Crippen LogP contribution in [0.3, 0.4) is 0 Å². The van der Waals surface area contributed by atoms with Crippen molar-refractivity contribution in [2.45, 2.75) is 109 Å².